The van der Waals surface area contributed by atoms with Gasteiger partial charge < -0.3 is 14.8 Å². The standard InChI is InChI=1S/C11H23NO3/c1-5-6-7-15-11(13)12-10(8-14-4)9(2)3/h9-10H,5-8H2,1-4H3,(H,12,13)/t10-/m1/s1/i4D. The van der Waals surface area contributed by atoms with Gasteiger partial charge in [-0.1, -0.05) is 27.2 Å². The highest BCUT2D eigenvalue weighted by molar-refractivity contribution is 5.67. The molecule has 0 radical (unpaired) electrons. The van der Waals surface area contributed by atoms with Crippen molar-refractivity contribution >= 4 is 6.09 Å². The zero-order chi connectivity index (χ0) is 12.4. The Labute approximate surface area is 93.7 Å². The summed E-state index contributed by atoms with van der Waals surface area (Å²) in [6.45, 7) is 6.82. The first-order valence-corrected chi connectivity index (χ1v) is 5.42. The molecule has 1 N–H and O–H groups in total. The second kappa shape index (κ2) is 8.53. The number of rotatable bonds is 7. The van der Waals surface area contributed by atoms with Crippen molar-refractivity contribution in [3.63, 3.8) is 0 Å². The smallest absolute Gasteiger partial charge is 0.407 e. The molecule has 0 bridgehead atoms. The van der Waals surface area contributed by atoms with Crippen molar-refractivity contribution in [1.29, 1.82) is 0 Å². The van der Waals surface area contributed by atoms with Crippen LogP contribution < -0.4 is 5.32 Å². The van der Waals surface area contributed by atoms with Gasteiger partial charge in [-0.15, -0.1) is 0 Å². The Morgan fingerprint density at radius 3 is 2.80 bits per heavy atom. The van der Waals surface area contributed by atoms with Crippen molar-refractivity contribution < 1.29 is 15.6 Å². The van der Waals surface area contributed by atoms with E-state index in [1.807, 2.05) is 20.8 Å². The van der Waals surface area contributed by atoms with Gasteiger partial charge in [0.05, 0.1) is 20.6 Å². The van der Waals surface area contributed by atoms with Crippen molar-refractivity contribution in [3.05, 3.63) is 0 Å². The number of hydrogen-bond acceptors (Lipinski definition) is 3. The lowest BCUT2D eigenvalue weighted by Gasteiger charge is -2.21. The Kier molecular flexibility index (Phi) is 7.00. The van der Waals surface area contributed by atoms with Gasteiger partial charge in [0.1, 0.15) is 0 Å². The zero-order valence-electron chi connectivity index (χ0n) is 10.9. The summed E-state index contributed by atoms with van der Waals surface area (Å²) in [6.07, 6.45) is 1.48. The van der Waals surface area contributed by atoms with Crippen molar-refractivity contribution in [2.24, 2.45) is 5.92 Å². The maximum atomic E-state index is 11.4. The quantitative estimate of drug-likeness (QED) is 0.666. The average Bonchev–Trinajstić information content (AvgIpc) is 2.24. The van der Waals surface area contributed by atoms with Gasteiger partial charge in [0.25, 0.3) is 0 Å². The first kappa shape index (κ1) is 12.3. The summed E-state index contributed by atoms with van der Waals surface area (Å²) < 4.78 is 16.9. The molecule has 0 aromatic rings. The van der Waals surface area contributed by atoms with E-state index in [1.165, 1.54) is 0 Å². The number of carbonyl (C=O) groups is 1. The summed E-state index contributed by atoms with van der Waals surface area (Å²) in [5, 5.41) is 2.74. The van der Waals surface area contributed by atoms with E-state index >= 15 is 0 Å². The summed E-state index contributed by atoms with van der Waals surface area (Å²) in [7, 11) is -0.0875. The minimum Gasteiger partial charge on any atom is -0.450 e. The van der Waals surface area contributed by atoms with Gasteiger partial charge in [-0.25, -0.2) is 4.79 Å². The number of amides is 1. The predicted octanol–water partition coefficient (Wildman–Crippen LogP) is 2.18. The van der Waals surface area contributed by atoms with Gasteiger partial charge in [0.2, 0.25) is 0 Å². The summed E-state index contributed by atoms with van der Waals surface area (Å²) >= 11 is 0. The normalized spacial score (nSPS) is 13.5. The van der Waals surface area contributed by atoms with Crippen LogP contribution in [-0.2, 0) is 9.47 Å². The fourth-order valence-corrected chi connectivity index (χ4v) is 1.03. The summed E-state index contributed by atoms with van der Waals surface area (Å²) in [5.41, 5.74) is 0. The van der Waals surface area contributed by atoms with Gasteiger partial charge >= 0.3 is 6.09 Å². The minimum atomic E-state index is -0.402. The van der Waals surface area contributed by atoms with Gasteiger partial charge in [-0.3, -0.25) is 0 Å². The molecule has 15 heavy (non-hydrogen) atoms. The van der Waals surface area contributed by atoms with Gasteiger partial charge in [0.15, 0.2) is 0 Å². The number of alkyl carbamates (subject to hydrolysis) is 1. The summed E-state index contributed by atoms with van der Waals surface area (Å²) in [6, 6.07) is -0.0977. The summed E-state index contributed by atoms with van der Waals surface area (Å²) in [5.74, 6) is 0.255. The Bertz CT molecular complexity index is 188. The van der Waals surface area contributed by atoms with E-state index in [2.05, 4.69) is 5.32 Å². The monoisotopic (exact) mass is 218 g/mol. The Hall–Kier alpha value is -0.770. The van der Waals surface area contributed by atoms with Gasteiger partial charge in [-0.05, 0) is 12.3 Å². The van der Waals surface area contributed by atoms with Crippen molar-refractivity contribution in [3.8, 4) is 0 Å². The molecule has 0 aliphatic rings. The second-order valence-corrected chi connectivity index (χ2v) is 3.86. The lowest BCUT2D eigenvalue weighted by molar-refractivity contribution is 0.114. The molecule has 90 valence electrons. The highest BCUT2D eigenvalue weighted by Crippen LogP contribution is 2.02. The number of nitrogens with one attached hydrogen (secondary N) is 1. The summed E-state index contributed by atoms with van der Waals surface area (Å²) in [4.78, 5) is 11.4. The molecule has 0 aromatic heterocycles. The molecule has 0 heterocycles. The van der Waals surface area contributed by atoms with Crippen LogP contribution in [0.3, 0.4) is 0 Å². The molecule has 0 aliphatic carbocycles. The first-order valence-electron chi connectivity index (χ1n) is 6.12. The molecule has 4 heteroatoms. The third-order valence-corrected chi connectivity index (χ3v) is 2.14. The first-order chi connectivity index (χ1) is 7.61. The molecular formula is C11H23NO3. The van der Waals surface area contributed by atoms with E-state index in [0.29, 0.717) is 13.2 Å². The Morgan fingerprint density at radius 2 is 2.27 bits per heavy atom. The largest absolute Gasteiger partial charge is 0.450 e. The molecular weight excluding hydrogens is 194 g/mol. The molecule has 0 fully saturated rings. The molecule has 0 unspecified atom stereocenters. The molecule has 1 amide bonds. The molecule has 0 spiro atoms. The van der Waals surface area contributed by atoms with Crippen LogP contribution in [0.25, 0.3) is 0 Å². The Morgan fingerprint density at radius 1 is 1.53 bits per heavy atom. The van der Waals surface area contributed by atoms with Crippen LogP contribution in [0.2, 0.25) is 0 Å². The highest BCUT2D eigenvalue weighted by atomic mass is 16.5. The van der Waals surface area contributed by atoms with E-state index in [0.717, 1.165) is 12.8 Å². The molecule has 0 saturated carbocycles. The van der Waals surface area contributed by atoms with Crippen LogP contribution in [0.5, 0.6) is 0 Å². The number of ether oxygens (including phenoxy) is 2. The number of hydrogen-bond donors (Lipinski definition) is 1. The maximum Gasteiger partial charge on any atom is 0.407 e. The topological polar surface area (TPSA) is 47.6 Å². The minimum absolute atomic E-state index is 0.0875. The maximum absolute atomic E-state index is 11.4. The van der Waals surface area contributed by atoms with E-state index in [9.17, 15) is 4.79 Å². The fourth-order valence-electron chi connectivity index (χ4n) is 1.03. The van der Waals surface area contributed by atoms with Crippen molar-refractivity contribution in [2.75, 3.05) is 20.3 Å². The number of methoxy groups -OCH3 is 1. The molecule has 0 aliphatic heterocycles. The van der Waals surface area contributed by atoms with Crippen LogP contribution in [0, 0.1) is 5.92 Å². The molecule has 0 rings (SSSR count). The lowest BCUT2D eigenvalue weighted by Crippen LogP contribution is -2.42. The second-order valence-electron chi connectivity index (χ2n) is 3.86. The molecule has 4 nitrogen and oxygen atoms in total. The van der Waals surface area contributed by atoms with Crippen LogP contribution in [0.4, 0.5) is 4.79 Å². The van der Waals surface area contributed by atoms with Crippen molar-refractivity contribution in [2.45, 2.75) is 39.7 Å². The van der Waals surface area contributed by atoms with Gasteiger partial charge in [-0.2, -0.15) is 0 Å². The van der Waals surface area contributed by atoms with E-state index in [4.69, 9.17) is 10.8 Å². The van der Waals surface area contributed by atoms with Crippen LogP contribution in [0.1, 0.15) is 35.0 Å². The highest BCUT2D eigenvalue weighted by Gasteiger charge is 2.16. The number of carbonyl (C=O) groups excluding carboxylic acids is 1. The SMILES string of the molecule is [2H]COC[C@@H](NC(=O)OCCCC)C(C)C. The lowest BCUT2D eigenvalue weighted by atomic mass is 10.1. The number of unbranched alkanes of at least 4 members (excludes halogenated alkanes) is 1. The Balaban J connectivity index is 3.83. The van der Waals surface area contributed by atoms with Crippen molar-refractivity contribution in [1.82, 2.24) is 5.32 Å². The fraction of sp³-hybridized carbons (Fsp3) is 0.909. The van der Waals surface area contributed by atoms with Crippen LogP contribution >= 0.6 is 0 Å². The average molecular weight is 218 g/mol. The van der Waals surface area contributed by atoms with Gasteiger partial charge in [0, 0.05) is 7.09 Å². The van der Waals surface area contributed by atoms with E-state index in [-0.39, 0.29) is 19.0 Å². The molecule has 1 atom stereocenters. The zero-order valence-corrected chi connectivity index (χ0v) is 9.91. The van der Waals surface area contributed by atoms with Crippen LogP contribution in [-0.4, -0.2) is 32.4 Å². The van der Waals surface area contributed by atoms with Crippen LogP contribution in [0.15, 0.2) is 0 Å². The third kappa shape index (κ3) is 7.19. The molecule has 0 aromatic carbocycles. The van der Waals surface area contributed by atoms with E-state index < -0.39 is 6.09 Å². The molecule has 0 saturated heterocycles. The van der Waals surface area contributed by atoms with E-state index in [1.54, 1.807) is 0 Å². The predicted molar refractivity (Wildman–Crippen MR) is 59.9 cm³/mol. The third-order valence-electron chi connectivity index (χ3n) is 2.14.